The van der Waals surface area contributed by atoms with E-state index in [1.165, 1.54) is 22.3 Å². The van der Waals surface area contributed by atoms with Gasteiger partial charge in [0.05, 0.1) is 32.2 Å². The van der Waals surface area contributed by atoms with E-state index in [0.29, 0.717) is 18.5 Å². The predicted molar refractivity (Wildman–Crippen MR) is 206 cm³/mol. The summed E-state index contributed by atoms with van der Waals surface area (Å²) in [6, 6.07) is -10.8. The third-order valence-corrected chi connectivity index (χ3v) is 10.1. The number of nitrogens with one attached hydrogen (secondary N) is 6. The number of hydrogen-bond acceptors (Lipinski definition) is 14. The number of aromatic amines is 1. The maximum atomic E-state index is 14.3. The van der Waals surface area contributed by atoms with Crippen LogP contribution in [0.25, 0.3) is 0 Å². The van der Waals surface area contributed by atoms with Crippen molar-refractivity contribution in [2.75, 3.05) is 32.9 Å². The van der Waals surface area contributed by atoms with Crippen LogP contribution in [0, 0.1) is 5.92 Å². The number of likely N-dealkylation sites (tertiary alicyclic amines) is 2. The minimum absolute atomic E-state index is 0.0984. The van der Waals surface area contributed by atoms with Gasteiger partial charge in [-0.15, -0.1) is 0 Å². The molecule has 2 saturated heterocycles. The van der Waals surface area contributed by atoms with Crippen molar-refractivity contribution in [3.63, 3.8) is 0 Å². The van der Waals surface area contributed by atoms with Crippen LogP contribution < -0.4 is 38.1 Å². The Morgan fingerprint density at radius 2 is 1.30 bits per heavy atom. The van der Waals surface area contributed by atoms with E-state index in [1.54, 1.807) is 13.8 Å². The third kappa shape index (κ3) is 13.7. The predicted octanol–water partition coefficient (Wildman–Crippen LogP) is -5.94. The summed E-state index contributed by atoms with van der Waals surface area (Å²) in [5.41, 5.74) is 11.2. The van der Waals surface area contributed by atoms with Crippen LogP contribution in [0.4, 0.5) is 0 Å². The molecule has 3 rings (SSSR count). The van der Waals surface area contributed by atoms with Crippen LogP contribution in [-0.4, -0.2) is 175 Å². The highest BCUT2D eigenvalue weighted by Crippen LogP contribution is 2.26. The smallest absolute Gasteiger partial charge is 0.328 e. The van der Waals surface area contributed by atoms with Crippen LogP contribution in [0.3, 0.4) is 0 Å². The van der Waals surface area contributed by atoms with E-state index < -0.39 is 121 Å². The quantitative estimate of drug-likeness (QED) is 0.0488. The molecule has 0 saturated carbocycles. The fraction of sp³-hybridized carbons (Fsp3) is 0.667. The highest BCUT2D eigenvalue weighted by molar-refractivity contribution is 5.98. The Balaban J connectivity index is 1.75. The van der Waals surface area contributed by atoms with E-state index >= 15 is 0 Å². The number of carbonyl (C=O) groups excluding carboxylic acids is 8. The SMILES string of the molecule is CC(C)C[C@H](NC(=O)[C@@H]1CCCN1C(=O)[C@@H]1CCCN1C(=O)[C@H](Cc1cnc[nH]1)NC(=O)[C@H](CO)NC(=O)[C@H](CO)NC(=O)[C@@H](N)CCC(N)=O)C(=O)N[C@@H](CO)C(=O)O. The first kappa shape index (κ1) is 48.6. The van der Waals surface area contributed by atoms with Gasteiger partial charge >= 0.3 is 5.97 Å². The van der Waals surface area contributed by atoms with Crippen LogP contribution in [0.2, 0.25) is 0 Å². The average Bonchev–Trinajstić information content (AvgIpc) is 4.01. The van der Waals surface area contributed by atoms with E-state index in [9.17, 15) is 63.6 Å². The van der Waals surface area contributed by atoms with Gasteiger partial charge in [0.25, 0.3) is 0 Å². The van der Waals surface area contributed by atoms with E-state index in [0.717, 1.165) is 0 Å². The molecule has 14 N–H and O–H groups in total. The van der Waals surface area contributed by atoms with Crippen LogP contribution in [-0.2, 0) is 49.6 Å². The molecule has 24 heteroatoms. The minimum Gasteiger partial charge on any atom is -0.480 e. The van der Waals surface area contributed by atoms with Crippen molar-refractivity contribution in [1.29, 1.82) is 0 Å². The highest BCUT2D eigenvalue weighted by atomic mass is 16.4. The normalized spacial score (nSPS) is 19.3. The van der Waals surface area contributed by atoms with Gasteiger partial charge in [0, 0.05) is 37.8 Å². The number of aromatic nitrogens is 2. The third-order valence-electron chi connectivity index (χ3n) is 10.1. The van der Waals surface area contributed by atoms with E-state index in [2.05, 4.69) is 36.6 Å². The zero-order valence-electron chi connectivity index (χ0n) is 33.5. The Hall–Kier alpha value is -5.72. The average molecular weight is 852 g/mol. The number of hydrogen-bond donors (Lipinski definition) is 12. The zero-order chi connectivity index (χ0) is 44.7. The lowest BCUT2D eigenvalue weighted by Crippen LogP contribution is -2.61. The number of carboxylic acid groups (broad SMARTS) is 1. The largest absolute Gasteiger partial charge is 0.480 e. The van der Waals surface area contributed by atoms with Gasteiger partial charge in [-0.1, -0.05) is 13.8 Å². The van der Waals surface area contributed by atoms with Crippen molar-refractivity contribution in [3.8, 4) is 0 Å². The molecule has 0 radical (unpaired) electrons. The van der Waals surface area contributed by atoms with Crippen molar-refractivity contribution in [2.24, 2.45) is 17.4 Å². The van der Waals surface area contributed by atoms with Crippen molar-refractivity contribution in [3.05, 3.63) is 18.2 Å². The number of primary amides is 1. The first-order valence-electron chi connectivity index (χ1n) is 19.6. The lowest BCUT2D eigenvalue weighted by molar-refractivity contribution is -0.148. The Kier molecular flexibility index (Phi) is 18.8. The van der Waals surface area contributed by atoms with Crippen molar-refractivity contribution < 1.29 is 63.6 Å². The summed E-state index contributed by atoms with van der Waals surface area (Å²) in [5.74, 6) is -8.05. The number of imidazole rings is 1. The van der Waals surface area contributed by atoms with Crippen LogP contribution in [0.1, 0.15) is 64.5 Å². The van der Waals surface area contributed by atoms with Gasteiger partial charge in [-0.3, -0.25) is 38.4 Å². The second-order valence-electron chi connectivity index (χ2n) is 15.1. The fourth-order valence-corrected chi connectivity index (χ4v) is 6.87. The van der Waals surface area contributed by atoms with Gasteiger partial charge < -0.3 is 73.3 Å². The summed E-state index contributed by atoms with van der Waals surface area (Å²) in [7, 11) is 0. The number of amides is 8. The molecule has 2 aliphatic rings. The molecule has 2 fully saturated rings. The van der Waals surface area contributed by atoms with E-state index in [-0.39, 0.29) is 57.5 Å². The summed E-state index contributed by atoms with van der Waals surface area (Å²) in [6.07, 6.45) is 3.60. The first-order valence-corrected chi connectivity index (χ1v) is 19.6. The van der Waals surface area contributed by atoms with E-state index in [1.807, 2.05) is 0 Å². The molecule has 0 unspecified atom stereocenters. The molecule has 1 aromatic rings. The van der Waals surface area contributed by atoms with Gasteiger partial charge in [0.2, 0.25) is 47.3 Å². The van der Waals surface area contributed by atoms with E-state index in [4.69, 9.17) is 11.5 Å². The summed E-state index contributed by atoms with van der Waals surface area (Å²) in [6.45, 7) is 1.05. The van der Waals surface area contributed by atoms with Gasteiger partial charge in [0.1, 0.15) is 42.3 Å². The molecular weight excluding hydrogens is 794 g/mol. The first-order chi connectivity index (χ1) is 28.4. The number of H-pyrrole nitrogens is 1. The van der Waals surface area contributed by atoms with Gasteiger partial charge in [0.15, 0.2) is 0 Å². The molecule has 0 spiro atoms. The van der Waals surface area contributed by atoms with Gasteiger partial charge in [-0.25, -0.2) is 9.78 Å². The highest BCUT2D eigenvalue weighted by Gasteiger charge is 2.44. The number of aliphatic hydroxyl groups is 3. The number of aliphatic carboxylic acids is 1. The molecule has 0 bridgehead atoms. The maximum absolute atomic E-state index is 14.3. The van der Waals surface area contributed by atoms with Crippen molar-refractivity contribution >= 4 is 53.2 Å². The Morgan fingerprint density at radius 1 is 0.767 bits per heavy atom. The monoisotopic (exact) mass is 851 g/mol. The second-order valence-corrected chi connectivity index (χ2v) is 15.1. The van der Waals surface area contributed by atoms with Crippen molar-refractivity contribution in [2.45, 2.75) is 114 Å². The molecule has 0 aromatic carbocycles. The minimum atomic E-state index is -1.69. The Labute approximate surface area is 344 Å². The number of carboxylic acids is 1. The van der Waals surface area contributed by atoms with Crippen LogP contribution in [0.15, 0.2) is 12.5 Å². The van der Waals surface area contributed by atoms with Gasteiger partial charge in [-0.2, -0.15) is 0 Å². The summed E-state index contributed by atoms with van der Waals surface area (Å²) in [5, 5.41) is 50.3. The molecule has 0 aliphatic carbocycles. The Morgan fingerprint density at radius 3 is 1.83 bits per heavy atom. The number of aliphatic hydroxyl groups excluding tert-OH is 3. The summed E-state index contributed by atoms with van der Waals surface area (Å²) < 4.78 is 0. The zero-order valence-corrected chi connectivity index (χ0v) is 33.5. The number of nitrogens with zero attached hydrogens (tertiary/aromatic N) is 3. The fourth-order valence-electron chi connectivity index (χ4n) is 6.87. The molecular formula is C36H57N11O13. The van der Waals surface area contributed by atoms with Crippen molar-refractivity contribution in [1.82, 2.24) is 46.4 Å². The Bertz CT molecular complexity index is 1690. The molecule has 1 aromatic heterocycles. The molecule has 24 nitrogen and oxygen atoms in total. The lowest BCUT2D eigenvalue weighted by atomic mass is 10.0. The van der Waals surface area contributed by atoms with Crippen LogP contribution in [0.5, 0.6) is 0 Å². The lowest BCUT2D eigenvalue weighted by Gasteiger charge is -2.33. The molecule has 3 heterocycles. The topological polar surface area (TPSA) is 382 Å². The number of rotatable bonds is 23. The summed E-state index contributed by atoms with van der Waals surface area (Å²) >= 11 is 0. The number of carbonyl (C=O) groups is 9. The molecule has 60 heavy (non-hydrogen) atoms. The molecule has 2 aliphatic heterocycles. The maximum Gasteiger partial charge on any atom is 0.328 e. The molecule has 8 atom stereocenters. The van der Waals surface area contributed by atoms with Gasteiger partial charge in [-0.05, 0) is 44.4 Å². The second kappa shape index (κ2) is 23.2. The molecule has 334 valence electrons. The molecule has 8 amide bonds. The standard InChI is InChI=1S/C36H57N11O13/c1-18(2)11-21(30(53)45-25(16-50)36(59)60)41-33(56)26-5-3-9-46(26)35(58)27-6-4-10-47(27)34(57)22(12-19-13-39-17-40-19)42-31(54)24(15-49)44-32(55)23(14-48)43-29(52)20(37)7-8-28(38)51/h13,17-18,20-27,48-50H,3-12,14-16,37H2,1-2H3,(H2,38,51)(H,39,40)(H,41,56)(H,42,54)(H,43,52)(H,44,55)(H,45,53)(H,59,60)/t20-,21-,22-,23-,24-,25-,26-,27-/m0/s1. The number of nitrogens with two attached hydrogens (primary N) is 2. The summed E-state index contributed by atoms with van der Waals surface area (Å²) in [4.78, 5) is 126. The van der Waals surface area contributed by atoms with Crippen LogP contribution >= 0.6 is 0 Å².